The van der Waals surface area contributed by atoms with Crippen molar-refractivity contribution >= 4 is 10.0 Å². The van der Waals surface area contributed by atoms with E-state index in [1.165, 1.54) is 11.2 Å². The molecule has 0 atom stereocenters. The summed E-state index contributed by atoms with van der Waals surface area (Å²) in [6.07, 6.45) is -4.60. The molecule has 0 radical (unpaired) electrons. The summed E-state index contributed by atoms with van der Waals surface area (Å²) >= 11 is 0. The minimum Gasteiger partial charge on any atom is -0.375 e. The van der Waals surface area contributed by atoms with Gasteiger partial charge in [0.2, 0.25) is 10.0 Å². The molecule has 1 spiro atoms. The Morgan fingerprint density at radius 1 is 1.14 bits per heavy atom. The molecule has 2 aliphatic rings. The summed E-state index contributed by atoms with van der Waals surface area (Å²) in [5.74, 6) is 0. The third kappa shape index (κ3) is 4.34. The van der Waals surface area contributed by atoms with Gasteiger partial charge in [-0.05, 0) is 39.8 Å². The molecule has 2 aliphatic heterocycles. The lowest BCUT2D eigenvalue weighted by Gasteiger charge is -2.59. The van der Waals surface area contributed by atoms with Gasteiger partial charge in [0.25, 0.3) is 0 Å². The fourth-order valence-corrected chi connectivity index (χ4v) is 5.56. The number of nitrogens with zero attached hydrogens (tertiary/aromatic N) is 3. The molecular weight excluding hydrogens is 395 g/mol. The molecule has 3 heterocycles. The zero-order valence-electron chi connectivity index (χ0n) is 16.5. The van der Waals surface area contributed by atoms with Gasteiger partial charge in [0.05, 0.1) is 17.9 Å². The lowest BCUT2D eigenvalue weighted by atomic mass is 9.74. The first-order valence-corrected chi connectivity index (χ1v) is 10.6. The van der Waals surface area contributed by atoms with Gasteiger partial charge in [-0.3, -0.25) is 4.90 Å². The highest BCUT2D eigenvalue weighted by atomic mass is 32.2. The van der Waals surface area contributed by atoms with E-state index in [1.54, 1.807) is 0 Å². The maximum absolute atomic E-state index is 12.8. The van der Waals surface area contributed by atoms with Crippen LogP contribution in [0.1, 0.15) is 32.2 Å². The Labute approximate surface area is 163 Å². The van der Waals surface area contributed by atoms with Crippen LogP contribution in [-0.4, -0.2) is 67.5 Å². The Kier molecular flexibility index (Phi) is 5.31. The standard InChI is InChI=1S/C18H26F3N3O3S/c1-13-14(5-6-15(22-13)18(19,20)21)28(25,26)24-11-17(12-24)9-23(10-17)7-8-27-16(2,3)4/h5-6H,7-12H2,1-4H3. The zero-order valence-corrected chi connectivity index (χ0v) is 17.3. The van der Waals surface area contributed by atoms with Crippen LogP contribution in [0.15, 0.2) is 17.0 Å². The molecule has 28 heavy (non-hydrogen) atoms. The summed E-state index contributed by atoms with van der Waals surface area (Å²) in [7, 11) is -3.84. The van der Waals surface area contributed by atoms with Crippen molar-refractivity contribution in [2.45, 2.75) is 44.4 Å². The molecule has 0 aliphatic carbocycles. The Hall–Kier alpha value is -1.23. The van der Waals surface area contributed by atoms with Gasteiger partial charge in [0.1, 0.15) is 10.6 Å². The topological polar surface area (TPSA) is 62.7 Å². The minimum absolute atomic E-state index is 0.0535. The van der Waals surface area contributed by atoms with Gasteiger partial charge in [-0.15, -0.1) is 0 Å². The monoisotopic (exact) mass is 421 g/mol. The number of pyridine rings is 1. The van der Waals surface area contributed by atoms with E-state index in [-0.39, 0.29) is 21.6 Å². The van der Waals surface area contributed by atoms with Gasteiger partial charge in [0.15, 0.2) is 0 Å². The van der Waals surface area contributed by atoms with E-state index in [0.717, 1.165) is 31.8 Å². The van der Waals surface area contributed by atoms with E-state index >= 15 is 0 Å². The average Bonchev–Trinajstić information content (AvgIpc) is 2.44. The molecule has 0 saturated carbocycles. The van der Waals surface area contributed by atoms with Crippen LogP contribution in [0.5, 0.6) is 0 Å². The number of alkyl halides is 3. The maximum Gasteiger partial charge on any atom is 0.433 e. The first kappa shape index (κ1) is 21.5. The second kappa shape index (κ2) is 6.93. The highest BCUT2D eigenvalue weighted by Crippen LogP contribution is 2.42. The molecule has 1 aromatic rings. The number of aromatic nitrogens is 1. The molecule has 0 bridgehead atoms. The molecule has 6 nitrogen and oxygen atoms in total. The van der Waals surface area contributed by atoms with Gasteiger partial charge in [-0.2, -0.15) is 17.5 Å². The minimum atomic E-state index is -4.60. The lowest BCUT2D eigenvalue weighted by molar-refractivity contribution is -0.141. The number of hydrogen-bond acceptors (Lipinski definition) is 5. The van der Waals surface area contributed by atoms with Crippen molar-refractivity contribution in [1.82, 2.24) is 14.2 Å². The normalized spacial score (nSPS) is 20.8. The Balaban J connectivity index is 1.56. The van der Waals surface area contributed by atoms with Crippen LogP contribution in [0.3, 0.4) is 0 Å². The van der Waals surface area contributed by atoms with Crippen molar-refractivity contribution in [2.75, 3.05) is 39.3 Å². The molecule has 0 unspecified atom stereocenters. The number of halogens is 3. The van der Waals surface area contributed by atoms with Gasteiger partial charge in [0, 0.05) is 38.1 Å². The molecule has 0 aromatic carbocycles. The summed E-state index contributed by atoms with van der Waals surface area (Å²) in [4.78, 5) is 5.50. The van der Waals surface area contributed by atoms with Gasteiger partial charge < -0.3 is 4.74 Å². The molecule has 2 fully saturated rings. The Morgan fingerprint density at radius 2 is 1.75 bits per heavy atom. The summed E-state index contributed by atoms with van der Waals surface area (Å²) < 4.78 is 70.8. The van der Waals surface area contributed by atoms with E-state index in [0.29, 0.717) is 19.7 Å². The third-order valence-electron chi connectivity index (χ3n) is 5.03. The number of aryl methyl sites for hydroxylation is 1. The predicted molar refractivity (Wildman–Crippen MR) is 97.3 cm³/mol. The van der Waals surface area contributed by atoms with E-state index < -0.39 is 21.9 Å². The average molecular weight is 421 g/mol. The maximum atomic E-state index is 12.8. The van der Waals surface area contributed by atoms with Crippen LogP contribution in [0.25, 0.3) is 0 Å². The Morgan fingerprint density at radius 3 is 2.25 bits per heavy atom. The van der Waals surface area contributed by atoms with Crippen LogP contribution in [0.2, 0.25) is 0 Å². The van der Waals surface area contributed by atoms with Crippen molar-refractivity contribution in [1.29, 1.82) is 0 Å². The fourth-order valence-electron chi connectivity index (χ4n) is 3.73. The first-order valence-electron chi connectivity index (χ1n) is 9.13. The number of sulfonamides is 1. The third-order valence-corrected chi connectivity index (χ3v) is 6.96. The quantitative estimate of drug-likeness (QED) is 0.731. The van der Waals surface area contributed by atoms with Crippen molar-refractivity contribution < 1.29 is 26.3 Å². The van der Waals surface area contributed by atoms with Crippen LogP contribution in [-0.2, 0) is 20.9 Å². The van der Waals surface area contributed by atoms with Crippen LogP contribution in [0.4, 0.5) is 13.2 Å². The molecule has 0 amide bonds. The van der Waals surface area contributed by atoms with Gasteiger partial charge in [-0.25, -0.2) is 13.4 Å². The first-order chi connectivity index (χ1) is 12.7. The molecular formula is C18H26F3N3O3S. The van der Waals surface area contributed by atoms with E-state index in [2.05, 4.69) is 9.88 Å². The van der Waals surface area contributed by atoms with Crippen LogP contribution >= 0.6 is 0 Å². The van der Waals surface area contributed by atoms with Gasteiger partial charge in [-0.1, -0.05) is 0 Å². The summed E-state index contributed by atoms with van der Waals surface area (Å²) in [6.45, 7) is 11.1. The summed E-state index contributed by atoms with van der Waals surface area (Å²) in [6, 6.07) is 1.72. The number of rotatable bonds is 5. The lowest BCUT2D eigenvalue weighted by Crippen LogP contribution is -2.72. The number of hydrogen-bond donors (Lipinski definition) is 0. The van der Waals surface area contributed by atoms with E-state index in [9.17, 15) is 21.6 Å². The number of likely N-dealkylation sites (tertiary alicyclic amines) is 1. The second-order valence-corrected chi connectivity index (χ2v) is 10.6. The Bertz CT molecular complexity index is 836. The SMILES string of the molecule is Cc1nc(C(F)(F)F)ccc1S(=O)(=O)N1CC2(CN(CCOC(C)(C)C)C2)C1. The highest BCUT2D eigenvalue weighted by molar-refractivity contribution is 7.89. The molecule has 158 valence electrons. The van der Waals surface area contributed by atoms with E-state index in [1.807, 2.05) is 20.8 Å². The van der Waals surface area contributed by atoms with Crippen molar-refractivity contribution in [3.63, 3.8) is 0 Å². The molecule has 2 saturated heterocycles. The molecule has 10 heteroatoms. The predicted octanol–water partition coefficient (Wildman–Crippen LogP) is 2.53. The fraction of sp³-hybridized carbons (Fsp3) is 0.722. The highest BCUT2D eigenvalue weighted by Gasteiger charge is 2.55. The molecule has 1 aromatic heterocycles. The van der Waals surface area contributed by atoms with Crippen molar-refractivity contribution in [3.8, 4) is 0 Å². The largest absolute Gasteiger partial charge is 0.433 e. The number of ether oxygens (including phenoxy) is 1. The zero-order chi connectivity index (χ0) is 21.0. The smallest absolute Gasteiger partial charge is 0.375 e. The second-order valence-electron chi connectivity index (χ2n) is 8.72. The van der Waals surface area contributed by atoms with Crippen LogP contribution in [0, 0.1) is 12.3 Å². The molecule has 3 rings (SSSR count). The molecule has 0 N–H and O–H groups in total. The van der Waals surface area contributed by atoms with Crippen LogP contribution < -0.4 is 0 Å². The summed E-state index contributed by atoms with van der Waals surface area (Å²) in [5, 5.41) is 0. The van der Waals surface area contributed by atoms with Crippen molar-refractivity contribution in [3.05, 3.63) is 23.5 Å². The summed E-state index contributed by atoms with van der Waals surface area (Å²) in [5.41, 5.74) is -1.46. The van der Waals surface area contributed by atoms with E-state index in [4.69, 9.17) is 4.74 Å². The van der Waals surface area contributed by atoms with Crippen molar-refractivity contribution in [2.24, 2.45) is 5.41 Å². The van der Waals surface area contributed by atoms with Gasteiger partial charge >= 0.3 is 6.18 Å².